The van der Waals surface area contributed by atoms with Gasteiger partial charge in [0.15, 0.2) is 0 Å². The summed E-state index contributed by atoms with van der Waals surface area (Å²) < 4.78 is 6.08. The second-order valence-electron chi connectivity index (χ2n) is 3.70. The summed E-state index contributed by atoms with van der Waals surface area (Å²) >= 11 is 7.55. The van der Waals surface area contributed by atoms with Crippen LogP contribution in [0, 0.1) is 5.92 Å². The molecule has 0 heterocycles. The molecule has 80 valence electrons. The van der Waals surface area contributed by atoms with Crippen LogP contribution in [-0.2, 0) is 4.74 Å². The zero-order chi connectivity index (χ0) is 10.8. The van der Waals surface area contributed by atoms with Crippen LogP contribution in [0.3, 0.4) is 0 Å². The number of esters is 1. The van der Waals surface area contributed by atoms with Crippen molar-refractivity contribution >= 4 is 34.5 Å². The number of hydrogen-bond acceptors (Lipinski definition) is 3. The van der Waals surface area contributed by atoms with Crippen molar-refractivity contribution in [3.8, 4) is 0 Å². The average molecular weight is 287 g/mol. The van der Waals surface area contributed by atoms with Gasteiger partial charge in [-0.25, -0.2) is 4.79 Å². The molecule has 1 fully saturated rings. The predicted octanol–water partition coefficient (Wildman–Crippen LogP) is 3.30. The Bertz CT molecular complexity index is 388. The van der Waals surface area contributed by atoms with Crippen LogP contribution >= 0.6 is 28.6 Å². The highest BCUT2D eigenvalue weighted by molar-refractivity contribution is 9.10. The van der Waals surface area contributed by atoms with Crippen LogP contribution in [0.5, 0.6) is 0 Å². The lowest BCUT2D eigenvalue weighted by molar-refractivity contribution is 0.0482. The van der Waals surface area contributed by atoms with E-state index in [1.165, 1.54) is 12.8 Å². The number of carbonyl (C=O) groups is 1. The largest absolute Gasteiger partial charge is 0.462 e. The van der Waals surface area contributed by atoms with Gasteiger partial charge in [-0.15, -0.1) is 12.6 Å². The molecule has 0 aromatic heterocycles. The summed E-state index contributed by atoms with van der Waals surface area (Å²) in [5.74, 6) is 0.312. The molecule has 1 aliphatic rings. The zero-order valence-electron chi connectivity index (χ0n) is 8.07. The van der Waals surface area contributed by atoms with Gasteiger partial charge < -0.3 is 4.74 Å². The van der Waals surface area contributed by atoms with Crippen LogP contribution < -0.4 is 0 Å². The Morgan fingerprint density at radius 2 is 2.27 bits per heavy atom. The van der Waals surface area contributed by atoms with Crippen LogP contribution in [0.1, 0.15) is 23.2 Å². The molecule has 15 heavy (non-hydrogen) atoms. The third-order valence-corrected chi connectivity index (χ3v) is 3.19. The van der Waals surface area contributed by atoms with Gasteiger partial charge in [-0.05, 0) is 37.0 Å². The number of hydrogen-bond donors (Lipinski definition) is 1. The van der Waals surface area contributed by atoms with Crippen LogP contribution in [0.15, 0.2) is 27.6 Å². The van der Waals surface area contributed by atoms with E-state index in [9.17, 15) is 4.79 Å². The molecule has 0 bridgehead atoms. The van der Waals surface area contributed by atoms with Crippen molar-refractivity contribution in [3.05, 3.63) is 28.2 Å². The second kappa shape index (κ2) is 4.58. The van der Waals surface area contributed by atoms with E-state index in [1.54, 1.807) is 12.1 Å². The quantitative estimate of drug-likeness (QED) is 0.682. The van der Waals surface area contributed by atoms with Gasteiger partial charge in [0.25, 0.3) is 0 Å². The van der Waals surface area contributed by atoms with E-state index in [1.807, 2.05) is 6.07 Å². The van der Waals surface area contributed by atoms with Crippen molar-refractivity contribution in [1.29, 1.82) is 0 Å². The first kappa shape index (κ1) is 11.0. The first-order valence-electron chi connectivity index (χ1n) is 4.82. The summed E-state index contributed by atoms with van der Waals surface area (Å²) in [4.78, 5) is 12.3. The molecule has 2 nitrogen and oxygen atoms in total. The maximum Gasteiger partial charge on any atom is 0.339 e. The number of thiol groups is 1. The number of halogens is 1. The van der Waals surface area contributed by atoms with Gasteiger partial charge >= 0.3 is 5.97 Å². The van der Waals surface area contributed by atoms with Gasteiger partial charge in [0.2, 0.25) is 0 Å². The zero-order valence-corrected chi connectivity index (χ0v) is 10.6. The first-order valence-corrected chi connectivity index (χ1v) is 6.06. The van der Waals surface area contributed by atoms with E-state index >= 15 is 0 Å². The molecule has 0 aliphatic heterocycles. The molecule has 0 atom stereocenters. The lowest BCUT2D eigenvalue weighted by Crippen LogP contribution is -2.08. The van der Waals surface area contributed by atoms with Crippen molar-refractivity contribution in [2.75, 3.05) is 6.61 Å². The normalized spacial score (nSPS) is 15.1. The highest BCUT2D eigenvalue weighted by Crippen LogP contribution is 2.29. The van der Waals surface area contributed by atoms with Crippen LogP contribution in [0.25, 0.3) is 0 Å². The molecule has 0 radical (unpaired) electrons. The Labute approximate surface area is 103 Å². The predicted molar refractivity (Wildman–Crippen MR) is 64.4 cm³/mol. The standard InChI is InChI=1S/C11H11BrO2S/c12-8-3-4-9(10(15)5-8)11(13)14-6-7-1-2-7/h3-5,7,15H,1-2,6H2. The van der Waals surface area contributed by atoms with Gasteiger partial charge in [0.1, 0.15) is 0 Å². The molecule has 0 saturated heterocycles. The Morgan fingerprint density at radius 3 is 2.87 bits per heavy atom. The highest BCUT2D eigenvalue weighted by atomic mass is 79.9. The molecular formula is C11H11BrO2S. The number of ether oxygens (including phenoxy) is 1. The fourth-order valence-electron chi connectivity index (χ4n) is 1.23. The lowest BCUT2D eigenvalue weighted by atomic mass is 10.2. The molecule has 4 heteroatoms. The summed E-state index contributed by atoms with van der Waals surface area (Å²) in [5, 5.41) is 0. The minimum absolute atomic E-state index is 0.278. The van der Waals surface area contributed by atoms with E-state index in [-0.39, 0.29) is 5.97 Å². The van der Waals surface area contributed by atoms with Gasteiger partial charge in [-0.1, -0.05) is 15.9 Å². The first-order chi connectivity index (χ1) is 7.16. The second-order valence-corrected chi connectivity index (χ2v) is 5.10. The summed E-state index contributed by atoms with van der Waals surface area (Å²) in [6, 6.07) is 5.33. The number of carbonyl (C=O) groups excluding carboxylic acids is 1. The molecule has 0 unspecified atom stereocenters. The maximum absolute atomic E-state index is 11.6. The van der Waals surface area contributed by atoms with Crippen molar-refractivity contribution < 1.29 is 9.53 Å². The van der Waals surface area contributed by atoms with Gasteiger partial charge in [-0.2, -0.15) is 0 Å². The van der Waals surface area contributed by atoms with E-state index in [0.29, 0.717) is 23.0 Å². The number of rotatable bonds is 3. The Balaban J connectivity index is 2.03. The number of benzene rings is 1. The molecule has 1 aliphatic carbocycles. The topological polar surface area (TPSA) is 26.3 Å². The smallest absolute Gasteiger partial charge is 0.339 e. The molecule has 1 saturated carbocycles. The minimum Gasteiger partial charge on any atom is -0.462 e. The summed E-state index contributed by atoms with van der Waals surface area (Å²) in [6.07, 6.45) is 2.36. The lowest BCUT2D eigenvalue weighted by Gasteiger charge is -2.06. The molecule has 0 N–H and O–H groups in total. The van der Waals surface area contributed by atoms with Crippen molar-refractivity contribution in [2.24, 2.45) is 5.92 Å². The summed E-state index contributed by atoms with van der Waals surface area (Å²) in [5.41, 5.74) is 0.530. The van der Waals surface area contributed by atoms with E-state index < -0.39 is 0 Å². The van der Waals surface area contributed by atoms with Gasteiger partial charge in [-0.3, -0.25) is 0 Å². The maximum atomic E-state index is 11.6. The molecule has 0 amide bonds. The van der Waals surface area contributed by atoms with Crippen LogP contribution in [-0.4, -0.2) is 12.6 Å². The van der Waals surface area contributed by atoms with Gasteiger partial charge in [0.05, 0.1) is 12.2 Å². The van der Waals surface area contributed by atoms with Crippen molar-refractivity contribution in [3.63, 3.8) is 0 Å². The fourth-order valence-corrected chi connectivity index (χ4v) is 2.08. The third kappa shape index (κ3) is 2.98. The molecule has 1 aromatic rings. The minimum atomic E-state index is -0.278. The Morgan fingerprint density at radius 1 is 1.53 bits per heavy atom. The molecule has 2 rings (SSSR count). The SMILES string of the molecule is O=C(OCC1CC1)c1ccc(Br)cc1S. The average Bonchev–Trinajstić information content (AvgIpc) is 2.97. The van der Waals surface area contributed by atoms with E-state index in [0.717, 1.165) is 4.47 Å². The molecule has 1 aromatic carbocycles. The monoisotopic (exact) mass is 286 g/mol. The van der Waals surface area contributed by atoms with Gasteiger partial charge in [0, 0.05) is 9.37 Å². The highest BCUT2D eigenvalue weighted by Gasteiger charge is 2.23. The molecule has 0 spiro atoms. The molecular weight excluding hydrogens is 276 g/mol. The van der Waals surface area contributed by atoms with Crippen molar-refractivity contribution in [1.82, 2.24) is 0 Å². The van der Waals surface area contributed by atoms with Crippen LogP contribution in [0.4, 0.5) is 0 Å². The van der Waals surface area contributed by atoms with E-state index in [4.69, 9.17) is 4.74 Å². The summed E-state index contributed by atoms with van der Waals surface area (Å²) in [7, 11) is 0. The van der Waals surface area contributed by atoms with Crippen LogP contribution in [0.2, 0.25) is 0 Å². The fraction of sp³-hybridized carbons (Fsp3) is 0.364. The Kier molecular flexibility index (Phi) is 3.36. The van der Waals surface area contributed by atoms with E-state index in [2.05, 4.69) is 28.6 Å². The summed E-state index contributed by atoms with van der Waals surface area (Å²) in [6.45, 7) is 0.544. The Hall–Kier alpha value is -0.480. The third-order valence-electron chi connectivity index (χ3n) is 2.33. The van der Waals surface area contributed by atoms with Crippen molar-refractivity contribution in [2.45, 2.75) is 17.7 Å².